The number of ether oxygens (including phenoxy) is 8. The molecule has 4 saturated heterocycles. The molecule has 0 aromatic carbocycles. The topological polar surface area (TPSA) is 168 Å². The minimum atomic E-state index is -1.11. The Morgan fingerprint density at radius 1 is 0.471 bits per heavy atom. The van der Waals surface area contributed by atoms with Crippen LogP contribution in [-0.2, 0) is 37.9 Å². The summed E-state index contributed by atoms with van der Waals surface area (Å²) in [5.74, 6) is 0. The summed E-state index contributed by atoms with van der Waals surface area (Å²) in [5.41, 5.74) is -1.46. The second-order valence-electron chi connectivity index (χ2n) is 9.51. The number of epoxide rings is 4. The Labute approximate surface area is 199 Å². The molecule has 4 rings (SSSR count). The zero-order chi connectivity index (χ0) is 24.3. The van der Waals surface area contributed by atoms with E-state index >= 15 is 0 Å². The summed E-state index contributed by atoms with van der Waals surface area (Å²) >= 11 is 0. The molecule has 12 nitrogen and oxygen atoms in total. The normalized spacial score (nSPS) is 28.6. The monoisotopic (exact) mass is 496 g/mol. The van der Waals surface area contributed by atoms with E-state index in [0.717, 1.165) is 26.4 Å². The van der Waals surface area contributed by atoms with Gasteiger partial charge in [-0.25, -0.2) is 0 Å². The van der Waals surface area contributed by atoms with Crippen molar-refractivity contribution in [3.8, 4) is 0 Å². The second-order valence-corrected chi connectivity index (χ2v) is 9.51. The summed E-state index contributed by atoms with van der Waals surface area (Å²) in [5, 5.41) is 34.0. The molecule has 34 heavy (non-hydrogen) atoms. The molecule has 4 N–H and O–H groups in total. The van der Waals surface area contributed by atoms with Crippen LogP contribution in [-0.4, -0.2) is 151 Å². The van der Waals surface area contributed by atoms with Crippen molar-refractivity contribution in [2.75, 3.05) is 106 Å². The first-order chi connectivity index (χ1) is 16.6. The lowest BCUT2D eigenvalue weighted by atomic mass is 9.92. The van der Waals surface area contributed by atoms with Crippen molar-refractivity contribution < 1.29 is 58.3 Å². The lowest BCUT2D eigenvalue weighted by Crippen LogP contribution is -2.43. The molecule has 0 aliphatic carbocycles. The summed E-state index contributed by atoms with van der Waals surface area (Å²) in [7, 11) is 0. The van der Waals surface area contributed by atoms with Gasteiger partial charge in [-0.1, -0.05) is 0 Å². The van der Waals surface area contributed by atoms with Crippen LogP contribution in [0.1, 0.15) is 0 Å². The molecule has 0 saturated carbocycles. The third-order valence-corrected chi connectivity index (χ3v) is 5.80. The average Bonchev–Trinajstić information content (AvgIpc) is 3.63. The van der Waals surface area contributed by atoms with Crippen LogP contribution in [0.3, 0.4) is 0 Å². The van der Waals surface area contributed by atoms with Crippen LogP contribution in [0.15, 0.2) is 0 Å². The van der Waals surface area contributed by atoms with E-state index in [1.165, 1.54) is 0 Å². The number of aliphatic hydroxyl groups excluding tert-OH is 4. The fraction of sp³-hybridized carbons (Fsp3) is 1.00. The molecule has 4 aliphatic heterocycles. The third kappa shape index (κ3) is 11.1. The Morgan fingerprint density at radius 2 is 0.706 bits per heavy atom. The van der Waals surface area contributed by atoms with E-state index in [1.54, 1.807) is 0 Å². The van der Waals surface area contributed by atoms with Crippen LogP contribution < -0.4 is 0 Å². The second kappa shape index (κ2) is 14.3. The van der Waals surface area contributed by atoms with Crippen molar-refractivity contribution in [2.45, 2.75) is 24.4 Å². The summed E-state index contributed by atoms with van der Waals surface area (Å²) in [6, 6.07) is 0. The molecular formula is C22H40O12. The summed E-state index contributed by atoms with van der Waals surface area (Å²) < 4.78 is 44.4. The largest absolute Gasteiger partial charge is 0.396 e. The van der Waals surface area contributed by atoms with E-state index in [0.29, 0.717) is 52.9 Å². The fourth-order valence-corrected chi connectivity index (χ4v) is 2.83. The standard InChI is InChI=1S/C17H28O8.C5H12O4/c1(13-5-22-13)18-9-17(10-19-2-14-6-23-14,11-20-3-15-7-24-15)12-21-4-16-8-25-16;6-1-5(2-7,3-8)4-9/h13-16H,1-12H2;6-9H,1-4H2. The van der Waals surface area contributed by atoms with E-state index in [1.807, 2.05) is 0 Å². The highest BCUT2D eigenvalue weighted by Crippen LogP contribution is 2.24. The molecule has 4 unspecified atom stereocenters. The van der Waals surface area contributed by atoms with E-state index < -0.39 is 31.8 Å². The minimum absolute atomic E-state index is 0.236. The van der Waals surface area contributed by atoms with E-state index in [9.17, 15) is 0 Å². The van der Waals surface area contributed by atoms with Gasteiger partial charge in [-0.15, -0.1) is 0 Å². The summed E-state index contributed by atoms with van der Waals surface area (Å²) in [4.78, 5) is 0. The third-order valence-electron chi connectivity index (χ3n) is 5.80. The molecule has 0 spiro atoms. The maximum absolute atomic E-state index is 8.50. The number of hydrogen-bond acceptors (Lipinski definition) is 12. The summed E-state index contributed by atoms with van der Waals surface area (Å²) in [6.45, 7) is 5.96. The molecule has 0 amide bonds. The van der Waals surface area contributed by atoms with E-state index in [4.69, 9.17) is 58.3 Å². The molecule has 4 fully saturated rings. The Balaban J connectivity index is 0.000000309. The van der Waals surface area contributed by atoms with Crippen molar-refractivity contribution >= 4 is 0 Å². The van der Waals surface area contributed by atoms with Crippen molar-refractivity contribution in [3.05, 3.63) is 0 Å². The first-order valence-electron chi connectivity index (χ1n) is 11.8. The van der Waals surface area contributed by atoms with Crippen LogP contribution in [0.2, 0.25) is 0 Å². The van der Waals surface area contributed by atoms with Crippen LogP contribution in [0.5, 0.6) is 0 Å². The number of hydrogen-bond donors (Lipinski definition) is 4. The Morgan fingerprint density at radius 3 is 0.853 bits per heavy atom. The molecule has 4 aliphatic rings. The van der Waals surface area contributed by atoms with Gasteiger partial charge >= 0.3 is 0 Å². The highest BCUT2D eigenvalue weighted by atomic mass is 16.6. The van der Waals surface area contributed by atoms with Gasteiger partial charge in [0.05, 0.1) is 117 Å². The molecule has 12 heteroatoms. The van der Waals surface area contributed by atoms with Crippen LogP contribution in [0.4, 0.5) is 0 Å². The van der Waals surface area contributed by atoms with Gasteiger partial charge in [0.15, 0.2) is 0 Å². The first-order valence-corrected chi connectivity index (χ1v) is 11.8. The van der Waals surface area contributed by atoms with Crippen LogP contribution in [0.25, 0.3) is 0 Å². The van der Waals surface area contributed by atoms with Gasteiger partial charge in [-0.3, -0.25) is 0 Å². The summed E-state index contributed by atoms with van der Waals surface area (Å²) in [6.07, 6.45) is 0.945. The molecule has 4 atom stereocenters. The highest BCUT2D eigenvalue weighted by molar-refractivity contribution is 4.82. The van der Waals surface area contributed by atoms with Crippen molar-refractivity contribution in [2.24, 2.45) is 10.8 Å². The molecule has 0 bridgehead atoms. The molecule has 200 valence electrons. The first kappa shape index (κ1) is 28.1. The molecule has 0 radical (unpaired) electrons. The zero-order valence-corrected chi connectivity index (χ0v) is 19.7. The highest BCUT2D eigenvalue weighted by Gasteiger charge is 2.37. The Hall–Kier alpha value is -0.480. The Kier molecular flexibility index (Phi) is 11.8. The fourth-order valence-electron chi connectivity index (χ4n) is 2.83. The smallest absolute Gasteiger partial charge is 0.104 e. The maximum atomic E-state index is 8.50. The SMILES string of the molecule is C(OCC(COCC1CO1)(COCC1CO1)COCC1CO1)C1CO1.OCC(CO)(CO)CO. The lowest BCUT2D eigenvalue weighted by molar-refractivity contribution is -0.111. The number of rotatable bonds is 20. The van der Waals surface area contributed by atoms with Crippen molar-refractivity contribution in [1.29, 1.82) is 0 Å². The van der Waals surface area contributed by atoms with Crippen molar-refractivity contribution in [1.82, 2.24) is 0 Å². The van der Waals surface area contributed by atoms with Gasteiger partial charge in [0.25, 0.3) is 0 Å². The van der Waals surface area contributed by atoms with Gasteiger partial charge in [0, 0.05) is 0 Å². The zero-order valence-electron chi connectivity index (χ0n) is 19.7. The number of aliphatic hydroxyl groups is 4. The molecule has 0 aromatic heterocycles. The van der Waals surface area contributed by atoms with E-state index in [2.05, 4.69) is 0 Å². The van der Waals surface area contributed by atoms with Crippen molar-refractivity contribution in [3.63, 3.8) is 0 Å². The predicted octanol–water partition coefficient (Wildman–Crippen LogP) is -2.42. The van der Waals surface area contributed by atoms with Crippen LogP contribution in [0, 0.1) is 10.8 Å². The maximum Gasteiger partial charge on any atom is 0.104 e. The van der Waals surface area contributed by atoms with Crippen LogP contribution >= 0.6 is 0 Å². The molecule has 4 heterocycles. The van der Waals surface area contributed by atoms with Gasteiger partial charge < -0.3 is 58.3 Å². The van der Waals surface area contributed by atoms with Gasteiger partial charge in [0.2, 0.25) is 0 Å². The molecular weight excluding hydrogens is 456 g/mol. The lowest BCUT2D eigenvalue weighted by Gasteiger charge is -2.32. The average molecular weight is 497 g/mol. The minimum Gasteiger partial charge on any atom is -0.396 e. The van der Waals surface area contributed by atoms with E-state index in [-0.39, 0.29) is 29.8 Å². The Bertz CT molecular complexity index is 449. The van der Waals surface area contributed by atoms with Gasteiger partial charge in [0.1, 0.15) is 24.4 Å². The van der Waals surface area contributed by atoms with Gasteiger partial charge in [-0.05, 0) is 0 Å². The van der Waals surface area contributed by atoms with Gasteiger partial charge in [-0.2, -0.15) is 0 Å². The molecule has 0 aromatic rings. The quantitative estimate of drug-likeness (QED) is 0.132. The predicted molar refractivity (Wildman–Crippen MR) is 115 cm³/mol.